The minimum Gasteiger partial charge on any atom is -0.356 e. The van der Waals surface area contributed by atoms with Crippen LogP contribution in [0.5, 0.6) is 0 Å². The molecule has 132 valence electrons. The lowest BCUT2D eigenvalue weighted by Gasteiger charge is -2.30. The molecule has 1 saturated heterocycles. The smallest absolute Gasteiger partial charge is 0.191 e. The van der Waals surface area contributed by atoms with Crippen molar-refractivity contribution in [2.24, 2.45) is 16.3 Å². The van der Waals surface area contributed by atoms with Crippen LogP contribution in [-0.4, -0.2) is 50.6 Å². The summed E-state index contributed by atoms with van der Waals surface area (Å²) in [6.45, 7) is 12.6. The first kappa shape index (κ1) is 22.0. The van der Waals surface area contributed by atoms with Gasteiger partial charge in [0.15, 0.2) is 5.96 Å². The minimum atomic E-state index is 0. The summed E-state index contributed by atoms with van der Waals surface area (Å²) in [7, 11) is 4.08. The molecule has 0 radical (unpaired) electrons. The van der Waals surface area contributed by atoms with Crippen molar-refractivity contribution in [3.8, 4) is 0 Å². The van der Waals surface area contributed by atoms with Crippen LogP contribution in [0.3, 0.4) is 0 Å². The van der Waals surface area contributed by atoms with E-state index in [4.69, 9.17) is 0 Å². The molecule has 1 aliphatic rings. The van der Waals surface area contributed by atoms with Crippen LogP contribution in [0.1, 0.15) is 53.4 Å². The zero-order chi connectivity index (χ0) is 15.9. The van der Waals surface area contributed by atoms with E-state index >= 15 is 0 Å². The van der Waals surface area contributed by atoms with E-state index in [1.165, 1.54) is 38.8 Å². The average molecular weight is 424 g/mol. The molecule has 0 aromatic carbocycles. The average Bonchev–Trinajstić information content (AvgIpc) is 2.40. The molecular weight excluding hydrogens is 387 g/mol. The topological polar surface area (TPSA) is 39.7 Å². The summed E-state index contributed by atoms with van der Waals surface area (Å²) >= 11 is 0. The van der Waals surface area contributed by atoms with Crippen molar-refractivity contribution in [2.75, 3.05) is 33.7 Å². The highest BCUT2D eigenvalue weighted by Crippen LogP contribution is 2.21. The van der Waals surface area contributed by atoms with Crippen molar-refractivity contribution in [2.45, 2.75) is 59.4 Å². The first-order valence-electron chi connectivity index (χ1n) is 8.46. The zero-order valence-electron chi connectivity index (χ0n) is 15.4. The van der Waals surface area contributed by atoms with Crippen molar-refractivity contribution in [3.63, 3.8) is 0 Å². The number of halogens is 1. The van der Waals surface area contributed by atoms with E-state index in [-0.39, 0.29) is 24.0 Å². The molecule has 0 amide bonds. The molecule has 2 atom stereocenters. The lowest BCUT2D eigenvalue weighted by molar-refractivity contribution is 0.210. The number of rotatable bonds is 5. The summed E-state index contributed by atoms with van der Waals surface area (Å²) in [5.74, 6) is 1.69. The van der Waals surface area contributed by atoms with Gasteiger partial charge in [-0.2, -0.15) is 0 Å². The van der Waals surface area contributed by atoms with Crippen molar-refractivity contribution < 1.29 is 0 Å². The molecular formula is C17H37IN4. The van der Waals surface area contributed by atoms with Gasteiger partial charge in [0.2, 0.25) is 0 Å². The van der Waals surface area contributed by atoms with Gasteiger partial charge in [0, 0.05) is 26.2 Å². The maximum atomic E-state index is 4.36. The van der Waals surface area contributed by atoms with Crippen LogP contribution in [0.15, 0.2) is 4.99 Å². The molecule has 5 heteroatoms. The molecule has 2 unspecified atom stereocenters. The van der Waals surface area contributed by atoms with Gasteiger partial charge in [0.25, 0.3) is 0 Å². The summed E-state index contributed by atoms with van der Waals surface area (Å²) < 4.78 is 0. The lowest BCUT2D eigenvalue weighted by atomic mass is 9.89. The molecule has 1 aliphatic heterocycles. The van der Waals surface area contributed by atoms with E-state index in [2.05, 4.69) is 55.3 Å². The number of hydrogen-bond donors (Lipinski definition) is 2. The Kier molecular flexibility index (Phi) is 10.7. The maximum absolute atomic E-state index is 4.36. The Labute approximate surface area is 154 Å². The van der Waals surface area contributed by atoms with Crippen molar-refractivity contribution in [1.82, 2.24) is 15.5 Å². The third-order valence-electron chi connectivity index (χ3n) is 4.21. The molecule has 1 rings (SSSR count). The van der Waals surface area contributed by atoms with Crippen molar-refractivity contribution >= 4 is 29.9 Å². The van der Waals surface area contributed by atoms with Crippen LogP contribution in [0.4, 0.5) is 0 Å². The van der Waals surface area contributed by atoms with Gasteiger partial charge < -0.3 is 15.5 Å². The minimum absolute atomic E-state index is 0. The molecule has 0 saturated carbocycles. The summed E-state index contributed by atoms with van der Waals surface area (Å²) in [6, 6.07) is 0.462. The maximum Gasteiger partial charge on any atom is 0.191 e. The van der Waals surface area contributed by atoms with E-state index < -0.39 is 0 Å². The highest BCUT2D eigenvalue weighted by Gasteiger charge is 2.18. The number of aliphatic imine (C=N–C) groups is 1. The number of likely N-dealkylation sites (tertiary alicyclic amines) is 1. The van der Waals surface area contributed by atoms with Gasteiger partial charge in [-0.25, -0.2) is 0 Å². The normalized spacial score (nSPS) is 21.9. The van der Waals surface area contributed by atoms with Gasteiger partial charge in [0.05, 0.1) is 0 Å². The first-order valence-corrected chi connectivity index (χ1v) is 8.46. The van der Waals surface area contributed by atoms with Crippen LogP contribution < -0.4 is 10.6 Å². The van der Waals surface area contributed by atoms with Gasteiger partial charge in [-0.05, 0) is 57.5 Å². The Hall–Kier alpha value is -0.0400. The standard InChI is InChI=1S/C17H36N4.HI/c1-14(9-10-17(2,3)4)20-16(18-5)19-12-15-8-7-11-21(6)13-15;/h14-15H,7-13H2,1-6H3,(H2,18,19,20);1H. The Morgan fingerprint density at radius 3 is 2.59 bits per heavy atom. The number of nitrogens with zero attached hydrogens (tertiary/aromatic N) is 2. The van der Waals surface area contributed by atoms with E-state index in [0.29, 0.717) is 11.5 Å². The fourth-order valence-corrected chi connectivity index (χ4v) is 2.83. The Morgan fingerprint density at radius 2 is 2.05 bits per heavy atom. The molecule has 1 fully saturated rings. The molecule has 4 nitrogen and oxygen atoms in total. The second kappa shape index (κ2) is 10.7. The van der Waals surface area contributed by atoms with Crippen LogP contribution in [0.2, 0.25) is 0 Å². The largest absolute Gasteiger partial charge is 0.356 e. The predicted octanol–water partition coefficient (Wildman–Crippen LogP) is 3.33. The molecule has 0 aromatic rings. The highest BCUT2D eigenvalue weighted by molar-refractivity contribution is 14.0. The van der Waals surface area contributed by atoms with E-state index in [1.807, 2.05) is 7.05 Å². The van der Waals surface area contributed by atoms with Gasteiger partial charge in [-0.15, -0.1) is 24.0 Å². The number of hydrogen-bond acceptors (Lipinski definition) is 2. The second-order valence-electron chi connectivity index (χ2n) is 7.87. The Morgan fingerprint density at radius 1 is 1.36 bits per heavy atom. The third-order valence-corrected chi connectivity index (χ3v) is 4.21. The molecule has 0 aliphatic carbocycles. The third kappa shape index (κ3) is 9.87. The predicted molar refractivity (Wildman–Crippen MR) is 108 cm³/mol. The fraction of sp³-hybridized carbons (Fsp3) is 0.941. The molecule has 0 bridgehead atoms. The van der Waals surface area contributed by atoms with Crippen molar-refractivity contribution in [3.05, 3.63) is 0 Å². The van der Waals surface area contributed by atoms with Gasteiger partial charge in [-0.3, -0.25) is 4.99 Å². The Balaban J connectivity index is 0.00000441. The highest BCUT2D eigenvalue weighted by atomic mass is 127. The molecule has 22 heavy (non-hydrogen) atoms. The van der Waals surface area contributed by atoms with E-state index in [1.54, 1.807) is 0 Å². The van der Waals surface area contributed by atoms with Crippen molar-refractivity contribution in [1.29, 1.82) is 0 Å². The summed E-state index contributed by atoms with van der Waals surface area (Å²) in [6.07, 6.45) is 5.05. The number of guanidine groups is 1. The van der Waals surface area contributed by atoms with Gasteiger partial charge >= 0.3 is 0 Å². The van der Waals surface area contributed by atoms with Crippen LogP contribution in [0, 0.1) is 11.3 Å². The SMILES string of the molecule is CN=C(NCC1CCCN(C)C1)NC(C)CCC(C)(C)C.I. The summed E-state index contributed by atoms with van der Waals surface area (Å²) in [5, 5.41) is 7.02. The molecule has 1 heterocycles. The number of nitrogens with one attached hydrogen (secondary N) is 2. The van der Waals surface area contributed by atoms with Crippen LogP contribution in [-0.2, 0) is 0 Å². The molecule has 0 spiro atoms. The zero-order valence-corrected chi connectivity index (χ0v) is 17.7. The van der Waals surface area contributed by atoms with E-state index in [9.17, 15) is 0 Å². The summed E-state index contributed by atoms with van der Waals surface area (Å²) in [5.41, 5.74) is 0.402. The van der Waals surface area contributed by atoms with E-state index in [0.717, 1.165) is 18.4 Å². The Bertz CT molecular complexity index is 325. The molecule has 0 aromatic heterocycles. The van der Waals surface area contributed by atoms with Gasteiger partial charge in [0.1, 0.15) is 0 Å². The lowest BCUT2D eigenvalue weighted by Crippen LogP contribution is -2.46. The van der Waals surface area contributed by atoms with Gasteiger partial charge in [-0.1, -0.05) is 20.8 Å². The second-order valence-corrected chi connectivity index (χ2v) is 7.87. The first-order chi connectivity index (χ1) is 9.80. The quantitative estimate of drug-likeness (QED) is 0.404. The number of piperidine rings is 1. The summed E-state index contributed by atoms with van der Waals surface area (Å²) in [4.78, 5) is 6.79. The van der Waals surface area contributed by atoms with Crippen LogP contribution in [0.25, 0.3) is 0 Å². The van der Waals surface area contributed by atoms with Crippen LogP contribution >= 0.6 is 24.0 Å². The molecule has 2 N–H and O–H groups in total. The fourth-order valence-electron chi connectivity index (χ4n) is 2.83. The monoisotopic (exact) mass is 424 g/mol.